The van der Waals surface area contributed by atoms with Crippen molar-refractivity contribution in [2.75, 3.05) is 12.3 Å². The highest BCUT2D eigenvalue weighted by molar-refractivity contribution is 7.99. The summed E-state index contributed by atoms with van der Waals surface area (Å²) in [6.07, 6.45) is 1.44. The lowest BCUT2D eigenvalue weighted by Gasteiger charge is -2.38. The van der Waals surface area contributed by atoms with E-state index < -0.39 is 11.9 Å². The molecule has 2 aliphatic heterocycles. The molecule has 1 aromatic rings. The average molecular weight is 305 g/mol. The van der Waals surface area contributed by atoms with Gasteiger partial charge in [-0.25, -0.2) is 0 Å². The topological polar surface area (TPSA) is 57.6 Å². The van der Waals surface area contributed by atoms with E-state index in [9.17, 15) is 14.7 Å². The van der Waals surface area contributed by atoms with Crippen molar-refractivity contribution < 1.29 is 14.7 Å². The van der Waals surface area contributed by atoms with E-state index in [1.807, 2.05) is 31.2 Å². The van der Waals surface area contributed by atoms with Crippen LogP contribution < -0.4 is 0 Å². The van der Waals surface area contributed by atoms with Gasteiger partial charge in [-0.05, 0) is 31.4 Å². The van der Waals surface area contributed by atoms with Gasteiger partial charge in [-0.3, -0.25) is 9.59 Å². The second-order valence-corrected chi connectivity index (χ2v) is 6.82. The van der Waals surface area contributed by atoms with Crippen LogP contribution in [0.3, 0.4) is 0 Å². The maximum atomic E-state index is 12.9. The third kappa shape index (κ3) is 2.55. The quantitative estimate of drug-likeness (QED) is 0.912. The number of hydrogen-bond donors (Lipinski definition) is 1. The summed E-state index contributed by atoms with van der Waals surface area (Å²) in [5.74, 6) is -0.501. The van der Waals surface area contributed by atoms with E-state index in [0.29, 0.717) is 13.0 Å². The summed E-state index contributed by atoms with van der Waals surface area (Å²) in [5.41, 5.74) is 1.09. The van der Waals surface area contributed by atoms with Gasteiger partial charge in [0.2, 0.25) is 5.91 Å². The number of carboxylic acid groups (broad SMARTS) is 1. The molecule has 1 fully saturated rings. The Morgan fingerprint density at radius 2 is 2.10 bits per heavy atom. The zero-order chi connectivity index (χ0) is 15.0. The molecule has 1 aromatic carbocycles. The monoisotopic (exact) mass is 305 g/mol. The molecular formula is C16H19NO3S. The van der Waals surface area contributed by atoms with Gasteiger partial charge < -0.3 is 10.0 Å². The van der Waals surface area contributed by atoms with Crippen molar-refractivity contribution in [1.29, 1.82) is 0 Å². The summed E-state index contributed by atoms with van der Waals surface area (Å²) in [5, 5.41) is 9.29. The molecule has 1 unspecified atom stereocenters. The Kier molecular flexibility index (Phi) is 3.93. The number of carbonyl (C=O) groups excluding carboxylic acids is 1. The molecule has 1 N–H and O–H groups in total. The number of aliphatic carboxylic acids is 1. The fourth-order valence-corrected chi connectivity index (χ4v) is 4.57. The number of carbonyl (C=O) groups is 2. The minimum absolute atomic E-state index is 0.0888. The molecule has 21 heavy (non-hydrogen) atoms. The van der Waals surface area contributed by atoms with Crippen molar-refractivity contribution in [2.45, 2.75) is 36.6 Å². The van der Waals surface area contributed by atoms with Crippen LogP contribution in [0.1, 0.15) is 31.2 Å². The van der Waals surface area contributed by atoms with Gasteiger partial charge >= 0.3 is 5.97 Å². The van der Waals surface area contributed by atoms with Crippen molar-refractivity contribution in [3.8, 4) is 0 Å². The smallest absolute Gasteiger partial charge is 0.308 e. The Balaban J connectivity index is 1.81. The molecule has 3 atom stereocenters. The molecule has 0 saturated carbocycles. The minimum atomic E-state index is -0.791. The first-order valence-corrected chi connectivity index (χ1v) is 8.33. The summed E-state index contributed by atoms with van der Waals surface area (Å²) in [7, 11) is 0. The Hall–Kier alpha value is -1.49. The summed E-state index contributed by atoms with van der Waals surface area (Å²) in [6.45, 7) is 2.54. The summed E-state index contributed by atoms with van der Waals surface area (Å²) >= 11 is 1.71. The van der Waals surface area contributed by atoms with Crippen LogP contribution >= 0.6 is 11.8 Å². The van der Waals surface area contributed by atoms with Crippen LogP contribution in [-0.4, -0.2) is 40.2 Å². The molecule has 2 aliphatic rings. The normalized spacial score (nSPS) is 28.2. The van der Waals surface area contributed by atoms with Gasteiger partial charge in [-0.2, -0.15) is 0 Å². The molecule has 0 spiro atoms. The Labute approximate surface area is 128 Å². The van der Waals surface area contributed by atoms with Gasteiger partial charge in [0.1, 0.15) is 0 Å². The number of hydrogen-bond acceptors (Lipinski definition) is 3. The lowest BCUT2D eigenvalue weighted by atomic mass is 9.88. The van der Waals surface area contributed by atoms with E-state index in [1.54, 1.807) is 16.7 Å². The van der Waals surface area contributed by atoms with Crippen LogP contribution in [0.4, 0.5) is 0 Å². The molecule has 0 aliphatic carbocycles. The third-order valence-corrected chi connectivity index (χ3v) is 5.77. The van der Waals surface area contributed by atoms with E-state index in [0.717, 1.165) is 17.7 Å². The number of fused-ring (bicyclic) bond motifs is 1. The number of nitrogens with zero attached hydrogens (tertiary/aromatic N) is 1. The number of piperidine rings is 1. The van der Waals surface area contributed by atoms with Gasteiger partial charge in [0, 0.05) is 23.2 Å². The standard InChI is InChI=1S/C16H19NO3S/c1-10-11(16(19)20)6-4-8-17(10)15(18)13-9-21-14-7-3-2-5-12(13)14/h2-3,5,7,10-11,13H,4,6,8-9H2,1H3,(H,19,20)/t10-,11-,13?/m1/s1. The van der Waals surface area contributed by atoms with Gasteiger partial charge in [0.05, 0.1) is 11.8 Å². The second kappa shape index (κ2) is 5.72. The molecule has 1 saturated heterocycles. The summed E-state index contributed by atoms with van der Waals surface area (Å²) < 4.78 is 0. The van der Waals surface area contributed by atoms with Gasteiger partial charge in [0.25, 0.3) is 0 Å². The van der Waals surface area contributed by atoms with E-state index in [-0.39, 0.29) is 17.9 Å². The number of thioether (sulfide) groups is 1. The Morgan fingerprint density at radius 1 is 1.33 bits per heavy atom. The number of carboxylic acids is 1. The van der Waals surface area contributed by atoms with Crippen molar-refractivity contribution in [2.24, 2.45) is 5.92 Å². The zero-order valence-electron chi connectivity index (χ0n) is 12.0. The molecule has 112 valence electrons. The largest absolute Gasteiger partial charge is 0.481 e. The van der Waals surface area contributed by atoms with Crippen LogP contribution in [0.5, 0.6) is 0 Å². The van der Waals surface area contributed by atoms with Crippen LogP contribution in [-0.2, 0) is 9.59 Å². The highest BCUT2D eigenvalue weighted by atomic mass is 32.2. The lowest BCUT2D eigenvalue weighted by molar-refractivity contribution is -0.149. The predicted molar refractivity (Wildman–Crippen MR) is 81.4 cm³/mol. The molecule has 0 radical (unpaired) electrons. The zero-order valence-corrected chi connectivity index (χ0v) is 12.8. The number of amides is 1. The molecule has 2 heterocycles. The average Bonchev–Trinajstić information content (AvgIpc) is 2.90. The van der Waals surface area contributed by atoms with Crippen LogP contribution in [0.2, 0.25) is 0 Å². The van der Waals surface area contributed by atoms with Crippen molar-refractivity contribution in [3.63, 3.8) is 0 Å². The number of likely N-dealkylation sites (tertiary alicyclic amines) is 1. The number of rotatable bonds is 2. The van der Waals surface area contributed by atoms with Gasteiger partial charge in [-0.1, -0.05) is 18.2 Å². The van der Waals surface area contributed by atoms with E-state index in [4.69, 9.17) is 0 Å². The molecule has 0 aromatic heterocycles. The van der Waals surface area contributed by atoms with Gasteiger partial charge in [0.15, 0.2) is 0 Å². The molecule has 1 amide bonds. The van der Waals surface area contributed by atoms with Crippen LogP contribution in [0.15, 0.2) is 29.2 Å². The van der Waals surface area contributed by atoms with E-state index in [2.05, 4.69) is 0 Å². The molecule has 5 heteroatoms. The first kappa shape index (κ1) is 14.4. The van der Waals surface area contributed by atoms with Crippen LogP contribution in [0.25, 0.3) is 0 Å². The van der Waals surface area contributed by atoms with E-state index in [1.165, 1.54) is 4.90 Å². The first-order chi connectivity index (χ1) is 10.1. The highest BCUT2D eigenvalue weighted by Gasteiger charge is 2.39. The van der Waals surface area contributed by atoms with Crippen molar-refractivity contribution in [3.05, 3.63) is 29.8 Å². The molecular weight excluding hydrogens is 286 g/mol. The maximum Gasteiger partial charge on any atom is 0.308 e. The van der Waals surface area contributed by atoms with Crippen molar-refractivity contribution in [1.82, 2.24) is 4.90 Å². The third-order valence-electron chi connectivity index (χ3n) is 4.59. The van der Waals surface area contributed by atoms with Crippen molar-refractivity contribution >= 4 is 23.6 Å². The first-order valence-electron chi connectivity index (χ1n) is 7.34. The Morgan fingerprint density at radius 3 is 2.86 bits per heavy atom. The second-order valence-electron chi connectivity index (χ2n) is 5.76. The molecule has 3 rings (SSSR count). The Bertz CT molecular complexity index is 574. The number of benzene rings is 1. The lowest BCUT2D eigenvalue weighted by Crippen LogP contribution is -2.50. The van der Waals surface area contributed by atoms with Crippen LogP contribution in [0, 0.1) is 5.92 Å². The fraction of sp³-hybridized carbons (Fsp3) is 0.500. The highest BCUT2D eigenvalue weighted by Crippen LogP contribution is 2.41. The maximum absolute atomic E-state index is 12.9. The molecule has 4 nitrogen and oxygen atoms in total. The van der Waals surface area contributed by atoms with Gasteiger partial charge in [-0.15, -0.1) is 11.8 Å². The predicted octanol–water partition coefficient (Wildman–Crippen LogP) is 2.59. The summed E-state index contributed by atoms with van der Waals surface area (Å²) in [6, 6.07) is 7.79. The van der Waals surface area contributed by atoms with E-state index >= 15 is 0 Å². The minimum Gasteiger partial charge on any atom is -0.481 e. The SMILES string of the molecule is C[C@@H]1[C@H](C(=O)O)CCCN1C(=O)C1CSc2ccccc21. The molecule has 0 bridgehead atoms. The fourth-order valence-electron chi connectivity index (χ4n) is 3.35. The summed E-state index contributed by atoms with van der Waals surface area (Å²) in [4.78, 5) is 27.1.